The zero-order valence-corrected chi connectivity index (χ0v) is 17.7. The molecule has 0 aliphatic rings. The first-order chi connectivity index (χ1) is 14.5. The van der Waals surface area contributed by atoms with Crippen LogP contribution in [0.2, 0.25) is 0 Å². The third-order valence-corrected chi connectivity index (χ3v) is 5.76. The summed E-state index contributed by atoms with van der Waals surface area (Å²) < 4.78 is 5.45. The Hall–Kier alpha value is -3.19. The Morgan fingerprint density at radius 3 is 2.40 bits per heavy atom. The molecule has 1 amide bonds. The molecule has 3 rings (SSSR count). The highest BCUT2D eigenvalue weighted by Gasteiger charge is 2.40. The van der Waals surface area contributed by atoms with E-state index in [2.05, 4.69) is 10.3 Å². The van der Waals surface area contributed by atoms with Gasteiger partial charge in [0.2, 0.25) is 5.91 Å². The number of carbonyl (C=O) groups is 2. The molecule has 3 aromatic rings. The summed E-state index contributed by atoms with van der Waals surface area (Å²) in [5.74, 6) is -0.674. The number of nitrogens with zero attached hydrogens (tertiary/aromatic N) is 1. The smallest absolute Gasteiger partial charge is 0.334 e. The monoisotopic (exact) mass is 424 g/mol. The van der Waals surface area contributed by atoms with Crippen LogP contribution in [0.25, 0.3) is 10.6 Å². The molecule has 0 bridgehead atoms. The number of amides is 1. The first-order valence-electron chi connectivity index (χ1n) is 9.76. The molecule has 2 N–H and O–H groups in total. The zero-order valence-electron chi connectivity index (χ0n) is 16.9. The predicted molar refractivity (Wildman–Crippen MR) is 117 cm³/mol. The highest BCUT2D eigenvalue weighted by Crippen LogP contribution is 2.28. The van der Waals surface area contributed by atoms with Gasteiger partial charge in [0, 0.05) is 10.9 Å². The molecule has 7 heteroatoms. The molecule has 1 atom stereocenters. The van der Waals surface area contributed by atoms with E-state index in [0.717, 1.165) is 16.3 Å². The number of aliphatic carboxylic acids is 1. The summed E-state index contributed by atoms with van der Waals surface area (Å²) in [6.45, 7) is 4.28. The summed E-state index contributed by atoms with van der Waals surface area (Å²) in [6.07, 6.45) is 0.238. The second-order valence-corrected chi connectivity index (χ2v) is 7.61. The van der Waals surface area contributed by atoms with E-state index in [0.29, 0.717) is 17.9 Å². The number of carboxylic acid groups (broad SMARTS) is 1. The van der Waals surface area contributed by atoms with Crippen LogP contribution >= 0.6 is 11.3 Å². The van der Waals surface area contributed by atoms with Crippen molar-refractivity contribution in [3.8, 4) is 16.3 Å². The Morgan fingerprint density at radius 2 is 1.80 bits per heavy atom. The summed E-state index contributed by atoms with van der Waals surface area (Å²) in [6, 6.07) is 16.4. The first kappa shape index (κ1) is 21.5. The van der Waals surface area contributed by atoms with Crippen LogP contribution in [-0.4, -0.2) is 28.6 Å². The van der Waals surface area contributed by atoms with Gasteiger partial charge in [0.05, 0.1) is 18.7 Å². The predicted octanol–water partition coefficient (Wildman–Crippen LogP) is 4.26. The van der Waals surface area contributed by atoms with Crippen molar-refractivity contribution >= 4 is 23.2 Å². The van der Waals surface area contributed by atoms with E-state index in [4.69, 9.17) is 4.74 Å². The number of thiazole rings is 1. The first-order valence-corrected chi connectivity index (χ1v) is 10.6. The van der Waals surface area contributed by atoms with Crippen LogP contribution < -0.4 is 10.1 Å². The normalized spacial score (nSPS) is 12.7. The molecule has 2 aromatic carbocycles. The van der Waals surface area contributed by atoms with Gasteiger partial charge in [0.25, 0.3) is 0 Å². The summed E-state index contributed by atoms with van der Waals surface area (Å²) in [7, 11) is 0. The molecular weight excluding hydrogens is 400 g/mol. The van der Waals surface area contributed by atoms with Gasteiger partial charge >= 0.3 is 5.97 Å². The number of hydrogen-bond acceptors (Lipinski definition) is 5. The molecule has 30 heavy (non-hydrogen) atoms. The highest BCUT2D eigenvalue weighted by molar-refractivity contribution is 7.13. The minimum absolute atomic E-state index is 0.00932. The third-order valence-electron chi connectivity index (χ3n) is 4.82. The molecule has 0 fully saturated rings. The Bertz CT molecular complexity index is 1000. The maximum atomic E-state index is 12.7. The lowest BCUT2D eigenvalue weighted by atomic mass is 9.87. The van der Waals surface area contributed by atoms with Crippen molar-refractivity contribution in [1.82, 2.24) is 10.3 Å². The summed E-state index contributed by atoms with van der Waals surface area (Å²) in [4.78, 5) is 29.3. The molecule has 0 aliphatic carbocycles. The maximum absolute atomic E-state index is 12.7. The van der Waals surface area contributed by atoms with Crippen molar-refractivity contribution in [1.29, 1.82) is 0 Å². The van der Waals surface area contributed by atoms with Crippen LogP contribution in [0.15, 0.2) is 60.0 Å². The van der Waals surface area contributed by atoms with Crippen LogP contribution in [0.3, 0.4) is 0 Å². The number of carboxylic acids is 1. The lowest BCUT2D eigenvalue weighted by Gasteiger charge is -2.30. The molecule has 1 aromatic heterocycles. The van der Waals surface area contributed by atoms with E-state index in [1.54, 1.807) is 31.2 Å². The zero-order chi connectivity index (χ0) is 21.6. The molecule has 1 unspecified atom stereocenters. The van der Waals surface area contributed by atoms with E-state index in [1.807, 2.05) is 42.6 Å². The van der Waals surface area contributed by atoms with Crippen molar-refractivity contribution in [2.24, 2.45) is 0 Å². The number of rotatable bonds is 9. The van der Waals surface area contributed by atoms with Gasteiger partial charge in [-0.3, -0.25) is 4.79 Å². The standard InChI is InChI=1S/C23H24N2O4S/c1-3-23(22(27)28,17-8-6-5-7-9-17)25-20(26)14-18-15-30-21(24-18)16-10-12-19(13-11-16)29-4-2/h5-13,15H,3-4,14H2,1-2H3,(H,25,26)(H,27,28). The Balaban J connectivity index is 1.73. The molecule has 0 saturated heterocycles. The van der Waals surface area contributed by atoms with Crippen molar-refractivity contribution in [2.75, 3.05) is 6.61 Å². The Kier molecular flexibility index (Phi) is 6.84. The van der Waals surface area contributed by atoms with Crippen LogP contribution in [0.4, 0.5) is 0 Å². The fourth-order valence-electron chi connectivity index (χ4n) is 3.24. The van der Waals surface area contributed by atoms with E-state index in [1.165, 1.54) is 11.3 Å². The SMILES string of the molecule is CCOc1ccc(-c2nc(CC(=O)NC(CC)(C(=O)O)c3ccccc3)cs2)cc1. The molecule has 0 saturated carbocycles. The highest BCUT2D eigenvalue weighted by atomic mass is 32.1. The number of hydrogen-bond donors (Lipinski definition) is 2. The van der Waals surface area contributed by atoms with Gasteiger partial charge in [-0.15, -0.1) is 11.3 Å². The lowest BCUT2D eigenvalue weighted by molar-refractivity contribution is -0.148. The Morgan fingerprint density at radius 1 is 1.10 bits per heavy atom. The minimum Gasteiger partial charge on any atom is -0.494 e. The van der Waals surface area contributed by atoms with Crippen LogP contribution in [-0.2, 0) is 21.5 Å². The van der Waals surface area contributed by atoms with E-state index < -0.39 is 11.5 Å². The average molecular weight is 425 g/mol. The molecule has 0 radical (unpaired) electrons. The number of ether oxygens (including phenoxy) is 1. The average Bonchev–Trinajstić information content (AvgIpc) is 3.21. The lowest BCUT2D eigenvalue weighted by Crippen LogP contribution is -2.52. The largest absolute Gasteiger partial charge is 0.494 e. The molecule has 6 nitrogen and oxygen atoms in total. The number of aromatic nitrogens is 1. The molecule has 0 aliphatic heterocycles. The van der Waals surface area contributed by atoms with E-state index in [-0.39, 0.29) is 18.7 Å². The minimum atomic E-state index is -1.47. The van der Waals surface area contributed by atoms with E-state index >= 15 is 0 Å². The molecule has 0 spiro atoms. The van der Waals surface area contributed by atoms with Gasteiger partial charge in [0.1, 0.15) is 10.8 Å². The van der Waals surface area contributed by atoms with Gasteiger partial charge in [-0.25, -0.2) is 9.78 Å². The maximum Gasteiger partial charge on any atom is 0.334 e. The molecule has 1 heterocycles. The van der Waals surface area contributed by atoms with Crippen molar-refractivity contribution in [3.63, 3.8) is 0 Å². The summed E-state index contributed by atoms with van der Waals surface area (Å²) in [5, 5.41) is 15.2. The van der Waals surface area contributed by atoms with Crippen LogP contribution in [0.5, 0.6) is 5.75 Å². The van der Waals surface area contributed by atoms with Gasteiger partial charge in [0.15, 0.2) is 5.54 Å². The topological polar surface area (TPSA) is 88.5 Å². The Labute approximate surface area is 179 Å². The van der Waals surface area contributed by atoms with Crippen molar-refractivity contribution in [2.45, 2.75) is 32.2 Å². The molecule has 156 valence electrons. The van der Waals surface area contributed by atoms with Crippen LogP contribution in [0, 0.1) is 0 Å². The number of nitrogens with one attached hydrogen (secondary N) is 1. The van der Waals surface area contributed by atoms with Gasteiger partial charge < -0.3 is 15.2 Å². The second-order valence-electron chi connectivity index (χ2n) is 6.76. The second kappa shape index (κ2) is 9.54. The summed E-state index contributed by atoms with van der Waals surface area (Å²) in [5.41, 5.74) is 0.617. The summed E-state index contributed by atoms with van der Waals surface area (Å²) >= 11 is 1.44. The number of carbonyl (C=O) groups excluding carboxylic acids is 1. The number of benzene rings is 2. The van der Waals surface area contributed by atoms with Crippen molar-refractivity contribution in [3.05, 3.63) is 71.2 Å². The van der Waals surface area contributed by atoms with Crippen LogP contribution in [0.1, 0.15) is 31.5 Å². The molecular formula is C23H24N2O4S. The van der Waals surface area contributed by atoms with Gasteiger partial charge in [-0.1, -0.05) is 37.3 Å². The van der Waals surface area contributed by atoms with Gasteiger partial charge in [-0.05, 0) is 43.2 Å². The quantitative estimate of drug-likeness (QED) is 0.536. The fourth-order valence-corrected chi connectivity index (χ4v) is 4.07. The third kappa shape index (κ3) is 4.68. The van der Waals surface area contributed by atoms with Gasteiger partial charge in [-0.2, -0.15) is 0 Å². The van der Waals surface area contributed by atoms with E-state index in [9.17, 15) is 14.7 Å². The van der Waals surface area contributed by atoms with Crippen molar-refractivity contribution < 1.29 is 19.4 Å². The fraction of sp³-hybridized carbons (Fsp3) is 0.261.